The van der Waals surface area contributed by atoms with Crippen LogP contribution in [0, 0.1) is 11.7 Å². The van der Waals surface area contributed by atoms with Crippen molar-refractivity contribution >= 4 is 10.0 Å². The van der Waals surface area contributed by atoms with Gasteiger partial charge in [0.15, 0.2) is 16.6 Å². The molecule has 1 heterocycles. The third-order valence-corrected chi connectivity index (χ3v) is 7.56. The molecule has 2 aromatic carbocycles. The second kappa shape index (κ2) is 11.6. The van der Waals surface area contributed by atoms with Crippen molar-refractivity contribution in [3.05, 3.63) is 77.0 Å². The minimum absolute atomic E-state index is 0.00966. The van der Waals surface area contributed by atoms with Crippen LogP contribution in [0.15, 0.2) is 53.9 Å². The Hall–Kier alpha value is -2.96. The van der Waals surface area contributed by atoms with Crippen molar-refractivity contribution in [3.8, 4) is 5.75 Å². The van der Waals surface area contributed by atoms with Crippen molar-refractivity contribution < 1.29 is 30.7 Å². The van der Waals surface area contributed by atoms with E-state index in [0.29, 0.717) is 24.9 Å². The Morgan fingerprint density at radius 1 is 1.19 bits per heavy atom. The molecular weight excluding hydrogens is 512 g/mol. The number of rotatable bonds is 7. The second-order valence-electron chi connectivity index (χ2n) is 8.80. The predicted octanol–water partition coefficient (Wildman–Crippen LogP) is 3.90. The topological polar surface area (TPSA) is 85.3 Å². The lowest BCUT2D eigenvalue weighted by Gasteiger charge is -2.21. The molecule has 1 aliphatic rings. The summed E-state index contributed by atoms with van der Waals surface area (Å²) in [5.74, 6) is -0.0384. The molecule has 2 N–H and O–H groups in total. The number of halogens is 4. The van der Waals surface area contributed by atoms with Crippen LogP contribution in [0.2, 0.25) is 0 Å². The van der Waals surface area contributed by atoms with Gasteiger partial charge in [-0.3, -0.25) is 0 Å². The summed E-state index contributed by atoms with van der Waals surface area (Å²) >= 11 is 0. The number of fused-ring (bicyclic) bond motifs is 1. The molecule has 1 aromatic heterocycles. The summed E-state index contributed by atoms with van der Waals surface area (Å²) in [6.07, 6.45) is -0.324. The minimum atomic E-state index is -4.36. The molecule has 2 atom stereocenters. The maximum absolute atomic E-state index is 14.0. The zero-order valence-electron chi connectivity index (χ0n) is 20.9. The molecule has 202 valence electrons. The van der Waals surface area contributed by atoms with Gasteiger partial charge in [-0.15, -0.1) is 0 Å². The van der Waals surface area contributed by atoms with Gasteiger partial charge in [0.1, 0.15) is 0 Å². The number of nitrogens with zero attached hydrogens (tertiary/aromatic N) is 2. The Kier molecular flexibility index (Phi) is 8.98. The second-order valence-corrected chi connectivity index (χ2v) is 10.6. The molecule has 0 saturated carbocycles. The molecular formula is C25H30F4N4O3S. The van der Waals surface area contributed by atoms with Crippen LogP contribution < -0.4 is 14.8 Å². The van der Waals surface area contributed by atoms with Crippen LogP contribution in [0.1, 0.15) is 28.2 Å². The first-order valence-electron chi connectivity index (χ1n) is 11.5. The lowest BCUT2D eigenvalue weighted by atomic mass is 9.86. The largest absolute Gasteiger partial charge is 0.494 e. The van der Waals surface area contributed by atoms with Crippen LogP contribution >= 0.6 is 0 Å². The maximum Gasteiger partial charge on any atom is 0.416 e. The summed E-state index contributed by atoms with van der Waals surface area (Å²) in [6, 6.07) is 8.61. The number of aryl methyl sites for hydroxylation is 1. The van der Waals surface area contributed by atoms with E-state index in [0.717, 1.165) is 17.2 Å². The highest BCUT2D eigenvalue weighted by molar-refractivity contribution is 7.89. The van der Waals surface area contributed by atoms with Gasteiger partial charge in [-0.2, -0.15) is 13.2 Å². The number of sulfonamides is 1. The summed E-state index contributed by atoms with van der Waals surface area (Å²) in [7, 11) is 2.95. The Morgan fingerprint density at radius 3 is 2.49 bits per heavy atom. The highest BCUT2D eigenvalue weighted by Gasteiger charge is 2.35. The van der Waals surface area contributed by atoms with Crippen LogP contribution in [-0.4, -0.2) is 45.7 Å². The van der Waals surface area contributed by atoms with Gasteiger partial charge >= 0.3 is 6.18 Å². The van der Waals surface area contributed by atoms with Gasteiger partial charge in [0.05, 0.1) is 19.0 Å². The molecule has 2 unspecified atom stereocenters. The van der Waals surface area contributed by atoms with Gasteiger partial charge in [-0.25, -0.2) is 22.5 Å². The maximum atomic E-state index is 14.0. The first kappa shape index (κ1) is 28.6. The third kappa shape index (κ3) is 6.88. The van der Waals surface area contributed by atoms with Crippen molar-refractivity contribution in [2.24, 2.45) is 13.0 Å². The molecule has 0 bridgehead atoms. The van der Waals surface area contributed by atoms with Crippen LogP contribution in [0.4, 0.5) is 17.6 Å². The molecule has 37 heavy (non-hydrogen) atoms. The molecule has 12 heteroatoms. The standard InChI is InChI=1S/C20H21F4NO.C5H9N3O2S/c1-25-11-14-8-13-9-18(21)19(26-2)10-17(13)16(14)7-12-4-3-5-15(6-12)20(22,23)24;1-6-11(9,10)5-3-8(2)4-7-5/h3-6,9-10,14,16,25H,7-8,11H2,1-2H3;3-4,6H,1-2H3. The summed E-state index contributed by atoms with van der Waals surface area (Å²) in [5.41, 5.74) is 1.85. The highest BCUT2D eigenvalue weighted by Crippen LogP contribution is 2.43. The number of nitrogens with one attached hydrogen (secondary N) is 2. The fourth-order valence-corrected chi connectivity index (χ4v) is 5.18. The van der Waals surface area contributed by atoms with Crippen molar-refractivity contribution in [1.82, 2.24) is 19.6 Å². The Bertz CT molecular complexity index is 1330. The van der Waals surface area contributed by atoms with Crippen molar-refractivity contribution in [2.75, 3.05) is 27.7 Å². The van der Waals surface area contributed by atoms with Crippen molar-refractivity contribution in [3.63, 3.8) is 0 Å². The van der Waals surface area contributed by atoms with Crippen LogP contribution in [0.25, 0.3) is 0 Å². The first-order chi connectivity index (χ1) is 17.4. The first-order valence-corrected chi connectivity index (χ1v) is 13.0. The normalized spacial score (nSPS) is 17.2. The minimum Gasteiger partial charge on any atom is -0.494 e. The Labute approximate surface area is 213 Å². The molecule has 4 rings (SSSR count). The van der Waals surface area contributed by atoms with Crippen molar-refractivity contribution in [2.45, 2.75) is 30.0 Å². The van der Waals surface area contributed by atoms with E-state index in [2.05, 4.69) is 15.0 Å². The molecule has 0 amide bonds. The smallest absolute Gasteiger partial charge is 0.416 e. The van der Waals surface area contributed by atoms with E-state index in [1.165, 1.54) is 44.9 Å². The number of ether oxygens (including phenoxy) is 1. The van der Waals surface area contributed by atoms with Gasteiger partial charge in [0.25, 0.3) is 10.0 Å². The molecule has 7 nitrogen and oxygen atoms in total. The average Bonchev–Trinajstić information content (AvgIpc) is 3.43. The van der Waals surface area contributed by atoms with Crippen LogP contribution in [0.5, 0.6) is 5.75 Å². The molecule has 0 saturated heterocycles. The van der Waals surface area contributed by atoms with Gasteiger partial charge in [0.2, 0.25) is 0 Å². The number of hydrogen-bond donors (Lipinski definition) is 2. The molecule has 3 aromatic rings. The van der Waals surface area contributed by atoms with Gasteiger partial charge in [-0.1, -0.05) is 18.2 Å². The number of methoxy groups -OCH3 is 1. The highest BCUT2D eigenvalue weighted by atomic mass is 32.2. The molecule has 0 spiro atoms. The average molecular weight is 543 g/mol. The third-order valence-electron chi connectivity index (χ3n) is 6.27. The van der Waals surface area contributed by atoms with Crippen molar-refractivity contribution in [1.29, 1.82) is 0 Å². The summed E-state index contributed by atoms with van der Waals surface area (Å²) in [6.45, 7) is 0.711. The molecule has 0 fully saturated rings. The molecule has 1 aliphatic carbocycles. The quantitative estimate of drug-likeness (QED) is 0.443. The van der Waals surface area contributed by atoms with E-state index in [9.17, 15) is 26.0 Å². The summed E-state index contributed by atoms with van der Waals surface area (Å²) in [4.78, 5) is 3.67. The number of aromatic nitrogens is 2. The SMILES string of the molecule is CNCC1Cc2cc(F)c(OC)cc2C1Cc1cccc(C(F)(F)F)c1.CNS(=O)(=O)c1cn(C)cn1. The monoisotopic (exact) mass is 542 g/mol. The van der Waals surface area contributed by atoms with Crippen LogP contribution in [-0.2, 0) is 36.1 Å². The van der Waals surface area contributed by atoms with Gasteiger partial charge in [-0.05, 0) is 80.2 Å². The Balaban J connectivity index is 0.000000289. The summed E-state index contributed by atoms with van der Waals surface area (Å²) in [5, 5.41) is 3.18. The van der Waals surface area contributed by atoms with E-state index in [1.54, 1.807) is 23.7 Å². The molecule has 0 aliphatic heterocycles. The van der Waals surface area contributed by atoms with Gasteiger partial charge in [0, 0.05) is 13.2 Å². The number of imidazole rings is 1. The van der Waals surface area contributed by atoms with E-state index in [4.69, 9.17) is 4.74 Å². The van der Waals surface area contributed by atoms with E-state index in [-0.39, 0.29) is 22.6 Å². The van der Waals surface area contributed by atoms with E-state index in [1.807, 2.05) is 7.05 Å². The fourth-order valence-electron chi connectivity index (χ4n) is 4.48. The zero-order valence-corrected chi connectivity index (χ0v) is 21.8. The number of alkyl halides is 3. The zero-order chi connectivity index (χ0) is 27.4. The van der Waals surface area contributed by atoms with Crippen LogP contribution in [0.3, 0.4) is 0 Å². The molecule has 0 radical (unpaired) electrons. The fraction of sp³-hybridized carbons (Fsp3) is 0.400. The van der Waals surface area contributed by atoms with Gasteiger partial charge < -0.3 is 14.6 Å². The van der Waals surface area contributed by atoms with E-state index >= 15 is 0 Å². The predicted molar refractivity (Wildman–Crippen MR) is 131 cm³/mol. The lowest BCUT2D eigenvalue weighted by Crippen LogP contribution is -2.23. The van der Waals surface area contributed by atoms with E-state index < -0.39 is 27.6 Å². The lowest BCUT2D eigenvalue weighted by molar-refractivity contribution is -0.137. The number of hydrogen-bond acceptors (Lipinski definition) is 5. The Morgan fingerprint density at radius 2 is 1.92 bits per heavy atom. The summed E-state index contributed by atoms with van der Waals surface area (Å²) < 4.78 is 83.9. The number of benzene rings is 2.